The number of pyridine rings is 1. The Hall–Kier alpha value is -1.73. The van der Waals surface area contributed by atoms with Crippen molar-refractivity contribution in [2.75, 3.05) is 0 Å². The molecule has 0 radical (unpaired) electrons. The van der Waals surface area contributed by atoms with Crippen LogP contribution in [0.5, 0.6) is 0 Å². The van der Waals surface area contributed by atoms with Gasteiger partial charge in [0.2, 0.25) is 10.0 Å². The highest BCUT2D eigenvalue weighted by Gasteiger charge is 2.41. The van der Waals surface area contributed by atoms with Gasteiger partial charge in [0.25, 0.3) is 0 Å². The minimum Gasteiger partial charge on any atom is -0.244 e. The topological polar surface area (TPSA) is 59.1 Å². The summed E-state index contributed by atoms with van der Waals surface area (Å²) >= 11 is 7.02. The summed E-state index contributed by atoms with van der Waals surface area (Å²) in [7, 11) is -3.51. The summed E-state index contributed by atoms with van der Waals surface area (Å²) in [5, 5.41) is 0.413. The van der Waals surface area contributed by atoms with Crippen LogP contribution in [0.2, 0.25) is 5.15 Å². The maximum Gasteiger partial charge on any atom is 0.250 e. The molecule has 2 atom stereocenters. The standard InChI is InChI=1S/C18H15ClN2O2S2/c19-17-8-6-13(11-20-17)16-7-9-18(24-16)25(22,23)21-15-10-14(15)12-4-2-1-3-5-12/h1-9,11,14-15,21H,10H2/t14-,15+/m1/s1. The fourth-order valence-corrected chi connectivity index (χ4v) is 5.51. The summed E-state index contributed by atoms with van der Waals surface area (Å²) in [6, 6.07) is 16.9. The van der Waals surface area contributed by atoms with Gasteiger partial charge in [0.15, 0.2) is 0 Å². The van der Waals surface area contributed by atoms with Gasteiger partial charge in [-0.25, -0.2) is 18.1 Å². The number of nitrogens with zero attached hydrogens (tertiary/aromatic N) is 1. The van der Waals surface area contributed by atoms with Gasteiger partial charge in [-0.2, -0.15) is 0 Å². The van der Waals surface area contributed by atoms with Gasteiger partial charge in [-0.1, -0.05) is 41.9 Å². The molecule has 25 heavy (non-hydrogen) atoms. The number of halogens is 1. The van der Waals surface area contributed by atoms with Gasteiger partial charge >= 0.3 is 0 Å². The van der Waals surface area contributed by atoms with Crippen LogP contribution in [-0.2, 0) is 10.0 Å². The fourth-order valence-electron chi connectivity index (χ4n) is 2.79. The first-order valence-corrected chi connectivity index (χ1v) is 10.5. The molecule has 2 heterocycles. The van der Waals surface area contributed by atoms with E-state index in [2.05, 4.69) is 9.71 Å². The van der Waals surface area contributed by atoms with E-state index >= 15 is 0 Å². The number of hydrogen-bond acceptors (Lipinski definition) is 4. The van der Waals surface area contributed by atoms with E-state index in [1.807, 2.05) is 36.4 Å². The molecule has 0 aliphatic heterocycles. The SMILES string of the molecule is O=S(=O)(N[C@H]1C[C@@H]1c1ccccc1)c1ccc(-c2ccc(Cl)nc2)s1. The first kappa shape index (κ1) is 16.7. The van der Waals surface area contributed by atoms with Crippen LogP contribution in [0.25, 0.3) is 10.4 Å². The van der Waals surface area contributed by atoms with Crippen molar-refractivity contribution in [2.24, 2.45) is 0 Å². The zero-order valence-electron chi connectivity index (χ0n) is 13.1. The number of thiophene rings is 1. The summed E-state index contributed by atoms with van der Waals surface area (Å²) < 4.78 is 28.4. The zero-order chi connectivity index (χ0) is 17.4. The summed E-state index contributed by atoms with van der Waals surface area (Å²) in [6.07, 6.45) is 2.48. The third kappa shape index (κ3) is 3.62. The zero-order valence-corrected chi connectivity index (χ0v) is 15.5. The Labute approximate surface area is 155 Å². The first-order valence-electron chi connectivity index (χ1n) is 7.82. The van der Waals surface area contributed by atoms with Gasteiger partial charge in [0.05, 0.1) is 0 Å². The second kappa shape index (κ2) is 6.53. The van der Waals surface area contributed by atoms with Crippen molar-refractivity contribution >= 4 is 33.0 Å². The fraction of sp³-hybridized carbons (Fsp3) is 0.167. The van der Waals surface area contributed by atoms with E-state index < -0.39 is 10.0 Å². The highest BCUT2D eigenvalue weighted by atomic mass is 35.5. The lowest BCUT2D eigenvalue weighted by Gasteiger charge is -2.04. The van der Waals surface area contributed by atoms with Crippen molar-refractivity contribution in [1.82, 2.24) is 9.71 Å². The number of nitrogens with one attached hydrogen (secondary N) is 1. The lowest BCUT2D eigenvalue weighted by Crippen LogP contribution is -2.26. The van der Waals surface area contributed by atoms with Gasteiger partial charge in [0, 0.05) is 28.6 Å². The Morgan fingerprint density at radius 2 is 1.88 bits per heavy atom. The Morgan fingerprint density at radius 3 is 2.60 bits per heavy atom. The third-order valence-electron chi connectivity index (χ3n) is 4.18. The van der Waals surface area contributed by atoms with Crippen LogP contribution in [0.1, 0.15) is 17.9 Å². The molecular formula is C18H15ClN2O2S2. The largest absolute Gasteiger partial charge is 0.250 e. The van der Waals surface area contributed by atoms with Crippen molar-refractivity contribution in [3.8, 4) is 10.4 Å². The van der Waals surface area contributed by atoms with Crippen LogP contribution < -0.4 is 4.72 Å². The van der Waals surface area contributed by atoms with Gasteiger partial charge in [-0.15, -0.1) is 11.3 Å². The van der Waals surface area contributed by atoms with E-state index in [9.17, 15) is 8.42 Å². The van der Waals surface area contributed by atoms with Crippen molar-refractivity contribution in [3.05, 3.63) is 71.5 Å². The van der Waals surface area contributed by atoms with Gasteiger partial charge in [-0.3, -0.25) is 0 Å². The van der Waals surface area contributed by atoms with Gasteiger partial charge in [-0.05, 0) is 36.2 Å². The van der Waals surface area contributed by atoms with E-state index in [0.717, 1.165) is 16.9 Å². The molecule has 0 unspecified atom stereocenters. The predicted octanol–water partition coefficient (Wildman–Crippen LogP) is 4.30. The molecule has 3 aromatic rings. The molecule has 7 heteroatoms. The summed E-state index contributed by atoms with van der Waals surface area (Å²) in [5.74, 6) is 0.260. The molecule has 1 aromatic carbocycles. The normalized spacial score (nSPS) is 19.7. The average molecular weight is 391 g/mol. The van der Waals surface area contributed by atoms with Crippen LogP contribution in [0.15, 0.2) is 65.0 Å². The minimum absolute atomic E-state index is 0.0323. The van der Waals surface area contributed by atoms with Gasteiger partial charge in [0.1, 0.15) is 9.36 Å². The molecule has 128 valence electrons. The predicted molar refractivity (Wildman–Crippen MR) is 100 cm³/mol. The Bertz CT molecular complexity index is 985. The van der Waals surface area contributed by atoms with E-state index in [0.29, 0.717) is 9.36 Å². The number of hydrogen-bond donors (Lipinski definition) is 1. The average Bonchev–Trinajstić information content (AvgIpc) is 3.17. The smallest absolute Gasteiger partial charge is 0.244 e. The maximum absolute atomic E-state index is 12.6. The number of rotatable bonds is 5. The number of sulfonamides is 1. The first-order chi connectivity index (χ1) is 12.0. The van der Waals surface area contributed by atoms with Crippen LogP contribution in [0.3, 0.4) is 0 Å². The molecule has 1 aliphatic rings. The highest BCUT2D eigenvalue weighted by molar-refractivity contribution is 7.91. The van der Waals surface area contributed by atoms with Crippen molar-refractivity contribution in [3.63, 3.8) is 0 Å². The molecule has 0 bridgehead atoms. The summed E-state index contributed by atoms with van der Waals surface area (Å²) in [6.45, 7) is 0. The quantitative estimate of drug-likeness (QED) is 0.661. The van der Waals surface area contributed by atoms with Crippen LogP contribution >= 0.6 is 22.9 Å². The molecule has 4 nitrogen and oxygen atoms in total. The molecule has 4 rings (SSSR count). The minimum atomic E-state index is -3.51. The molecule has 1 aliphatic carbocycles. The van der Waals surface area contributed by atoms with Gasteiger partial charge < -0.3 is 0 Å². The summed E-state index contributed by atoms with van der Waals surface area (Å²) in [5.41, 5.74) is 2.03. The van der Waals surface area contributed by atoms with E-state index in [1.165, 1.54) is 16.9 Å². The van der Waals surface area contributed by atoms with E-state index in [4.69, 9.17) is 11.6 Å². The number of benzene rings is 1. The molecule has 2 aromatic heterocycles. The molecule has 1 saturated carbocycles. The highest BCUT2D eigenvalue weighted by Crippen LogP contribution is 2.42. The monoisotopic (exact) mass is 390 g/mol. The van der Waals surface area contributed by atoms with E-state index in [-0.39, 0.29) is 12.0 Å². The third-order valence-corrected chi connectivity index (χ3v) is 7.52. The summed E-state index contributed by atoms with van der Waals surface area (Å²) in [4.78, 5) is 4.88. The second-order valence-corrected chi connectivity index (χ2v) is 9.38. The van der Waals surface area contributed by atoms with Crippen molar-refractivity contribution in [2.45, 2.75) is 22.6 Å². The second-order valence-electron chi connectivity index (χ2n) is 5.97. The van der Waals surface area contributed by atoms with Crippen molar-refractivity contribution in [1.29, 1.82) is 0 Å². The molecule has 0 saturated heterocycles. The molecule has 0 spiro atoms. The Morgan fingerprint density at radius 1 is 1.08 bits per heavy atom. The molecular weight excluding hydrogens is 376 g/mol. The number of aromatic nitrogens is 1. The van der Waals surface area contributed by atoms with E-state index in [1.54, 1.807) is 24.4 Å². The van der Waals surface area contributed by atoms with Crippen LogP contribution in [0, 0.1) is 0 Å². The van der Waals surface area contributed by atoms with Crippen LogP contribution in [0.4, 0.5) is 0 Å². The lowest BCUT2D eigenvalue weighted by atomic mass is 10.1. The van der Waals surface area contributed by atoms with Crippen LogP contribution in [-0.4, -0.2) is 19.4 Å². The molecule has 1 N–H and O–H groups in total. The van der Waals surface area contributed by atoms with Crippen molar-refractivity contribution < 1.29 is 8.42 Å². The Kier molecular flexibility index (Phi) is 4.37. The molecule has 0 amide bonds. The Balaban J connectivity index is 1.49. The lowest BCUT2D eigenvalue weighted by molar-refractivity contribution is 0.582. The maximum atomic E-state index is 12.6. The molecule has 1 fully saturated rings.